The summed E-state index contributed by atoms with van der Waals surface area (Å²) in [7, 11) is 0. The average Bonchev–Trinajstić information content (AvgIpc) is 3.23. The van der Waals surface area contributed by atoms with Crippen molar-refractivity contribution in [2.75, 3.05) is 13.2 Å². The number of ether oxygens (including phenoxy) is 3. The van der Waals surface area contributed by atoms with Crippen LogP contribution in [-0.4, -0.2) is 37.2 Å². The Hall–Kier alpha value is -1.59. The zero-order valence-electron chi connectivity index (χ0n) is 41.8. The van der Waals surface area contributed by atoms with E-state index in [2.05, 4.69) is 34.6 Å². The first-order valence-electron chi connectivity index (χ1n) is 27.2. The van der Waals surface area contributed by atoms with Gasteiger partial charge in [-0.2, -0.15) is 0 Å². The van der Waals surface area contributed by atoms with Gasteiger partial charge in [-0.15, -0.1) is 0 Å². The highest BCUT2D eigenvalue weighted by Crippen LogP contribution is 2.18. The number of esters is 3. The van der Waals surface area contributed by atoms with Crippen molar-refractivity contribution < 1.29 is 28.6 Å². The van der Waals surface area contributed by atoms with Crippen LogP contribution in [-0.2, 0) is 28.6 Å². The molecule has 0 spiro atoms. The molecule has 0 bridgehead atoms. The Bertz CT molecular complexity index is 931. The van der Waals surface area contributed by atoms with Crippen LogP contribution < -0.4 is 0 Å². The summed E-state index contributed by atoms with van der Waals surface area (Å²) >= 11 is 0. The van der Waals surface area contributed by atoms with Crippen molar-refractivity contribution in [1.29, 1.82) is 0 Å². The summed E-state index contributed by atoms with van der Waals surface area (Å²) < 4.78 is 16.8. The predicted octanol–water partition coefficient (Wildman–Crippen LogP) is 17.7. The van der Waals surface area contributed by atoms with Gasteiger partial charge in [0.25, 0.3) is 0 Å². The van der Waals surface area contributed by atoms with Crippen LogP contribution in [0.15, 0.2) is 0 Å². The molecular weight excluding hydrogens is 757 g/mol. The van der Waals surface area contributed by atoms with Crippen LogP contribution in [0, 0.1) is 11.8 Å². The first-order chi connectivity index (χ1) is 29.7. The molecule has 0 aliphatic heterocycles. The summed E-state index contributed by atoms with van der Waals surface area (Å²) in [5.74, 6) is 0.770. The number of hydrogen-bond acceptors (Lipinski definition) is 6. The molecule has 0 aromatic rings. The van der Waals surface area contributed by atoms with Gasteiger partial charge in [0.15, 0.2) is 6.10 Å². The molecule has 61 heavy (non-hydrogen) atoms. The Labute approximate surface area is 380 Å². The maximum absolute atomic E-state index is 12.8. The Morgan fingerprint density at radius 1 is 0.311 bits per heavy atom. The molecule has 0 heterocycles. The van der Waals surface area contributed by atoms with Gasteiger partial charge in [0.2, 0.25) is 0 Å². The monoisotopic (exact) mass is 863 g/mol. The lowest BCUT2D eigenvalue weighted by atomic mass is 10.0. The van der Waals surface area contributed by atoms with Crippen molar-refractivity contribution in [1.82, 2.24) is 0 Å². The molecule has 0 radical (unpaired) electrons. The molecule has 0 rings (SSSR count). The molecule has 362 valence electrons. The third-order valence-electron chi connectivity index (χ3n) is 12.5. The van der Waals surface area contributed by atoms with E-state index in [0.29, 0.717) is 19.3 Å². The van der Waals surface area contributed by atoms with E-state index < -0.39 is 6.10 Å². The molecule has 0 saturated heterocycles. The minimum atomic E-state index is -0.762. The lowest BCUT2D eigenvalue weighted by molar-refractivity contribution is -0.167. The van der Waals surface area contributed by atoms with E-state index in [1.54, 1.807) is 0 Å². The molecule has 0 unspecified atom stereocenters. The molecule has 0 fully saturated rings. The molecule has 0 amide bonds. The van der Waals surface area contributed by atoms with Crippen molar-refractivity contribution in [3.63, 3.8) is 0 Å². The first kappa shape index (κ1) is 59.4. The third kappa shape index (κ3) is 49.3. The number of hydrogen-bond donors (Lipinski definition) is 0. The second-order valence-electron chi connectivity index (χ2n) is 19.8. The van der Waals surface area contributed by atoms with Gasteiger partial charge in [-0.25, -0.2) is 0 Å². The Morgan fingerprint density at radius 2 is 0.541 bits per heavy atom. The molecule has 0 aromatic heterocycles. The van der Waals surface area contributed by atoms with Crippen LogP contribution in [0.3, 0.4) is 0 Å². The maximum Gasteiger partial charge on any atom is 0.306 e. The van der Waals surface area contributed by atoms with Gasteiger partial charge < -0.3 is 14.2 Å². The zero-order chi connectivity index (χ0) is 44.7. The smallest absolute Gasteiger partial charge is 0.306 e. The maximum atomic E-state index is 12.8. The summed E-state index contributed by atoms with van der Waals surface area (Å²) in [6.07, 6.45) is 49.6. The molecule has 1 atom stereocenters. The lowest BCUT2D eigenvalue weighted by Crippen LogP contribution is -2.30. The van der Waals surface area contributed by atoms with Gasteiger partial charge in [-0.05, 0) is 31.1 Å². The second-order valence-corrected chi connectivity index (χ2v) is 19.8. The standard InChI is InChI=1S/C55H106O6/c1-6-7-8-9-10-11-12-13-14-15-16-19-22-25-30-35-40-45-53(56)59-48-52(61-55(58)47-42-37-32-27-29-34-39-44-51(4)5)49-60-54(57)46-41-36-31-26-23-20-17-18-21-24-28-33-38-43-50(2)3/h50-52H,6-49H2,1-5H3/t52-/m0/s1. The van der Waals surface area contributed by atoms with Crippen LogP contribution in [0.2, 0.25) is 0 Å². The highest BCUT2D eigenvalue weighted by atomic mass is 16.6. The van der Waals surface area contributed by atoms with Crippen LogP contribution >= 0.6 is 0 Å². The fourth-order valence-corrected chi connectivity index (χ4v) is 8.34. The van der Waals surface area contributed by atoms with E-state index in [1.165, 1.54) is 193 Å². The zero-order valence-corrected chi connectivity index (χ0v) is 41.8. The molecule has 0 aromatic carbocycles. The van der Waals surface area contributed by atoms with E-state index in [0.717, 1.165) is 69.6 Å². The van der Waals surface area contributed by atoms with Crippen LogP contribution in [0.1, 0.15) is 304 Å². The summed E-state index contributed by atoms with van der Waals surface area (Å²) in [5.41, 5.74) is 0. The Balaban J connectivity index is 4.24. The van der Waals surface area contributed by atoms with Crippen LogP contribution in [0.4, 0.5) is 0 Å². The van der Waals surface area contributed by atoms with E-state index in [1.807, 2.05) is 0 Å². The lowest BCUT2D eigenvalue weighted by Gasteiger charge is -2.18. The van der Waals surface area contributed by atoms with E-state index in [-0.39, 0.29) is 31.1 Å². The fraction of sp³-hybridized carbons (Fsp3) is 0.945. The van der Waals surface area contributed by atoms with Gasteiger partial charge in [0, 0.05) is 19.3 Å². The van der Waals surface area contributed by atoms with Crippen molar-refractivity contribution in [3.8, 4) is 0 Å². The number of carbonyl (C=O) groups excluding carboxylic acids is 3. The van der Waals surface area contributed by atoms with Gasteiger partial charge >= 0.3 is 17.9 Å². The summed E-state index contributed by atoms with van der Waals surface area (Å²) in [5, 5.41) is 0. The first-order valence-corrected chi connectivity index (χ1v) is 27.2. The minimum Gasteiger partial charge on any atom is -0.462 e. The van der Waals surface area contributed by atoms with Crippen LogP contribution in [0.5, 0.6) is 0 Å². The number of rotatable bonds is 49. The van der Waals surface area contributed by atoms with E-state index >= 15 is 0 Å². The summed E-state index contributed by atoms with van der Waals surface area (Å²) in [6, 6.07) is 0. The normalized spacial score (nSPS) is 12.0. The predicted molar refractivity (Wildman–Crippen MR) is 261 cm³/mol. The SMILES string of the molecule is CCCCCCCCCCCCCCCCCCCC(=O)OC[C@@H](COC(=O)CCCCCCCCCCCCCCCC(C)C)OC(=O)CCCCCCCCCC(C)C. The molecule has 0 aliphatic carbocycles. The summed E-state index contributed by atoms with van der Waals surface area (Å²) in [4.78, 5) is 38.0. The van der Waals surface area contributed by atoms with Crippen molar-refractivity contribution in [2.45, 2.75) is 310 Å². The molecule has 6 nitrogen and oxygen atoms in total. The Morgan fingerprint density at radius 3 is 0.803 bits per heavy atom. The van der Waals surface area contributed by atoms with E-state index in [4.69, 9.17) is 14.2 Å². The second kappa shape index (κ2) is 47.9. The quantitative estimate of drug-likeness (QED) is 0.0344. The highest BCUT2D eigenvalue weighted by molar-refractivity contribution is 5.71. The molecule has 0 N–H and O–H groups in total. The van der Waals surface area contributed by atoms with Crippen molar-refractivity contribution >= 4 is 17.9 Å². The van der Waals surface area contributed by atoms with Gasteiger partial charge in [0.1, 0.15) is 13.2 Å². The van der Waals surface area contributed by atoms with Crippen molar-refractivity contribution in [3.05, 3.63) is 0 Å². The fourth-order valence-electron chi connectivity index (χ4n) is 8.34. The molecular formula is C55H106O6. The Kier molecular flexibility index (Phi) is 46.6. The third-order valence-corrected chi connectivity index (χ3v) is 12.5. The topological polar surface area (TPSA) is 78.9 Å². The van der Waals surface area contributed by atoms with Gasteiger partial charge in [0.05, 0.1) is 0 Å². The van der Waals surface area contributed by atoms with Crippen LogP contribution in [0.25, 0.3) is 0 Å². The molecule has 0 aliphatic rings. The summed E-state index contributed by atoms with van der Waals surface area (Å²) in [6.45, 7) is 11.3. The number of carbonyl (C=O) groups is 3. The minimum absolute atomic E-state index is 0.0640. The molecule has 0 saturated carbocycles. The average molecular weight is 863 g/mol. The van der Waals surface area contributed by atoms with Crippen molar-refractivity contribution in [2.24, 2.45) is 11.8 Å². The largest absolute Gasteiger partial charge is 0.462 e. The van der Waals surface area contributed by atoms with Gasteiger partial charge in [-0.3, -0.25) is 14.4 Å². The van der Waals surface area contributed by atoms with E-state index in [9.17, 15) is 14.4 Å². The molecule has 6 heteroatoms. The number of unbranched alkanes of at least 4 members (excludes halogenated alkanes) is 34. The van der Waals surface area contributed by atoms with Gasteiger partial charge in [-0.1, -0.05) is 266 Å². The highest BCUT2D eigenvalue weighted by Gasteiger charge is 2.19.